The monoisotopic (exact) mass is 479 g/mol. The van der Waals surface area contributed by atoms with Gasteiger partial charge in [0.2, 0.25) is 0 Å². The molecule has 1 atom stereocenters. The average molecular weight is 480 g/mol. The van der Waals surface area contributed by atoms with E-state index in [9.17, 15) is 23.6 Å². The Morgan fingerprint density at radius 2 is 1.77 bits per heavy atom. The van der Waals surface area contributed by atoms with E-state index < -0.39 is 40.9 Å². The van der Waals surface area contributed by atoms with Gasteiger partial charge in [-0.25, -0.2) is 28.1 Å². The van der Waals surface area contributed by atoms with Crippen molar-refractivity contribution < 1.29 is 23.5 Å². The number of carbonyl (C=O) groups excluding carboxylic acids is 2. The van der Waals surface area contributed by atoms with Crippen molar-refractivity contribution >= 4 is 47.4 Å². The summed E-state index contributed by atoms with van der Waals surface area (Å²) < 4.78 is 26.6. The topological polar surface area (TPSA) is 102 Å². The van der Waals surface area contributed by atoms with Crippen LogP contribution < -0.4 is 11.4 Å². The standard InChI is InChI=1S/C17H16Cl2FN3O6S/c1-8(13(24)28-5-4-18)29-14(25)9-6-12(11(20)7-10(9)19)23-15(26)21(2)17(30)22(3)16(23)27/h6-8H,4-5H2,1-3H3/t8-/m0/s1. The molecule has 1 aromatic heterocycles. The number of ether oxygens (including phenoxy) is 2. The van der Waals surface area contributed by atoms with E-state index in [1.165, 1.54) is 21.0 Å². The van der Waals surface area contributed by atoms with Gasteiger partial charge in [0.15, 0.2) is 10.9 Å². The first-order valence-electron chi connectivity index (χ1n) is 8.33. The molecular formula is C17H16Cl2FN3O6S. The minimum atomic E-state index is -1.31. The zero-order chi connectivity index (χ0) is 22.7. The van der Waals surface area contributed by atoms with E-state index in [1.54, 1.807) is 0 Å². The van der Waals surface area contributed by atoms with Crippen LogP contribution in [0.15, 0.2) is 21.7 Å². The van der Waals surface area contributed by atoms with Crippen LogP contribution in [0.1, 0.15) is 17.3 Å². The van der Waals surface area contributed by atoms with Crippen LogP contribution in [-0.4, -0.2) is 44.2 Å². The molecule has 2 rings (SSSR count). The molecular weight excluding hydrogens is 464 g/mol. The lowest BCUT2D eigenvalue weighted by Gasteiger charge is -2.15. The Labute approximate surface area is 184 Å². The SMILES string of the molecule is C[C@H](OC(=O)c1cc(-n2c(=O)n(C)c(=S)n(C)c2=O)c(F)cc1Cl)C(=O)OCCCl. The van der Waals surface area contributed by atoms with Crippen molar-refractivity contribution in [2.75, 3.05) is 12.5 Å². The molecule has 30 heavy (non-hydrogen) atoms. The van der Waals surface area contributed by atoms with Gasteiger partial charge >= 0.3 is 23.3 Å². The van der Waals surface area contributed by atoms with Crippen LogP contribution in [0.5, 0.6) is 0 Å². The Kier molecular flexibility index (Phi) is 7.56. The van der Waals surface area contributed by atoms with Gasteiger partial charge in [-0.1, -0.05) is 11.6 Å². The van der Waals surface area contributed by atoms with Crippen LogP contribution in [0.25, 0.3) is 5.69 Å². The highest BCUT2D eigenvalue weighted by Crippen LogP contribution is 2.23. The number of alkyl halides is 1. The highest BCUT2D eigenvalue weighted by Gasteiger charge is 2.24. The van der Waals surface area contributed by atoms with Crippen LogP contribution in [0, 0.1) is 10.6 Å². The molecule has 0 N–H and O–H groups in total. The summed E-state index contributed by atoms with van der Waals surface area (Å²) in [6, 6.07) is 1.63. The second kappa shape index (κ2) is 9.54. The third-order valence-electron chi connectivity index (χ3n) is 3.96. The predicted molar refractivity (Wildman–Crippen MR) is 109 cm³/mol. The molecule has 2 aromatic rings. The van der Waals surface area contributed by atoms with E-state index in [0.717, 1.165) is 21.3 Å². The van der Waals surface area contributed by atoms with Gasteiger partial charge in [-0.3, -0.25) is 9.13 Å². The smallest absolute Gasteiger partial charge is 0.347 e. The van der Waals surface area contributed by atoms with Gasteiger partial charge < -0.3 is 9.47 Å². The summed E-state index contributed by atoms with van der Waals surface area (Å²) in [6.45, 7) is 1.18. The van der Waals surface area contributed by atoms with Crippen molar-refractivity contribution in [1.82, 2.24) is 13.7 Å². The van der Waals surface area contributed by atoms with Gasteiger partial charge in [-0.05, 0) is 31.3 Å². The van der Waals surface area contributed by atoms with E-state index in [4.69, 9.17) is 44.9 Å². The van der Waals surface area contributed by atoms with E-state index in [2.05, 4.69) is 0 Å². The van der Waals surface area contributed by atoms with Gasteiger partial charge in [0.1, 0.15) is 12.4 Å². The highest BCUT2D eigenvalue weighted by molar-refractivity contribution is 7.71. The Morgan fingerprint density at radius 1 is 1.20 bits per heavy atom. The van der Waals surface area contributed by atoms with Crippen molar-refractivity contribution in [3.05, 3.63) is 54.3 Å². The normalized spacial score (nSPS) is 11.8. The Balaban J connectivity index is 2.54. The van der Waals surface area contributed by atoms with Gasteiger partial charge in [-0.15, -0.1) is 11.6 Å². The van der Waals surface area contributed by atoms with Crippen LogP contribution in [0.2, 0.25) is 5.02 Å². The van der Waals surface area contributed by atoms with Crippen LogP contribution in [0.3, 0.4) is 0 Å². The fourth-order valence-corrected chi connectivity index (χ4v) is 2.83. The van der Waals surface area contributed by atoms with Gasteiger partial charge in [0.05, 0.1) is 22.2 Å². The van der Waals surface area contributed by atoms with Crippen molar-refractivity contribution in [3.8, 4) is 5.69 Å². The summed E-state index contributed by atoms with van der Waals surface area (Å²) in [5.74, 6) is -2.92. The first-order valence-corrected chi connectivity index (χ1v) is 9.65. The molecule has 0 saturated heterocycles. The van der Waals surface area contributed by atoms with Crippen molar-refractivity contribution in [1.29, 1.82) is 0 Å². The second-order valence-electron chi connectivity index (χ2n) is 5.99. The van der Waals surface area contributed by atoms with Crippen LogP contribution >= 0.6 is 35.4 Å². The van der Waals surface area contributed by atoms with Crippen LogP contribution in [0.4, 0.5) is 4.39 Å². The number of halogens is 3. The largest absolute Gasteiger partial charge is 0.462 e. The molecule has 0 spiro atoms. The quantitative estimate of drug-likeness (QED) is 0.353. The lowest BCUT2D eigenvalue weighted by molar-refractivity contribution is -0.152. The number of benzene rings is 1. The average Bonchev–Trinajstić information content (AvgIpc) is 2.70. The predicted octanol–water partition coefficient (Wildman–Crippen LogP) is 1.72. The molecule has 0 saturated carbocycles. The maximum Gasteiger partial charge on any atom is 0.347 e. The van der Waals surface area contributed by atoms with Crippen LogP contribution in [-0.2, 0) is 28.4 Å². The first kappa shape index (κ1) is 23.8. The van der Waals surface area contributed by atoms with Crippen molar-refractivity contribution in [2.24, 2.45) is 14.1 Å². The molecule has 1 heterocycles. The lowest BCUT2D eigenvalue weighted by atomic mass is 10.2. The number of hydrogen-bond acceptors (Lipinski definition) is 7. The maximum absolute atomic E-state index is 14.6. The second-order valence-corrected chi connectivity index (χ2v) is 7.14. The number of rotatable bonds is 6. The van der Waals surface area contributed by atoms with Gasteiger partial charge in [0.25, 0.3) is 0 Å². The van der Waals surface area contributed by atoms with E-state index >= 15 is 0 Å². The number of hydrogen-bond donors (Lipinski definition) is 0. The highest BCUT2D eigenvalue weighted by atomic mass is 35.5. The van der Waals surface area contributed by atoms with Gasteiger partial charge in [-0.2, -0.15) is 0 Å². The zero-order valence-electron chi connectivity index (χ0n) is 16.0. The summed E-state index contributed by atoms with van der Waals surface area (Å²) in [4.78, 5) is 49.2. The Bertz CT molecular complexity index is 1150. The third kappa shape index (κ3) is 4.63. The molecule has 0 aliphatic carbocycles. The summed E-state index contributed by atoms with van der Waals surface area (Å²) in [6.07, 6.45) is -1.31. The number of carbonyl (C=O) groups is 2. The molecule has 162 valence electrons. The molecule has 0 fully saturated rings. The van der Waals surface area contributed by atoms with Crippen molar-refractivity contribution in [3.63, 3.8) is 0 Å². The molecule has 0 aliphatic rings. The summed E-state index contributed by atoms with van der Waals surface area (Å²) in [5, 5.41) is -0.350. The lowest BCUT2D eigenvalue weighted by Crippen LogP contribution is -2.44. The fourth-order valence-electron chi connectivity index (χ4n) is 2.37. The number of esters is 2. The zero-order valence-corrected chi connectivity index (χ0v) is 18.3. The molecule has 0 radical (unpaired) electrons. The van der Waals surface area contributed by atoms with Crippen molar-refractivity contribution in [2.45, 2.75) is 13.0 Å². The summed E-state index contributed by atoms with van der Waals surface area (Å²) in [7, 11) is 2.61. The number of nitrogens with zero attached hydrogens (tertiary/aromatic N) is 3. The summed E-state index contributed by atoms with van der Waals surface area (Å²) in [5.41, 5.74) is -2.77. The third-order valence-corrected chi connectivity index (χ3v) is 4.98. The molecule has 13 heteroatoms. The number of aromatic nitrogens is 3. The van der Waals surface area contributed by atoms with E-state index in [-0.39, 0.29) is 27.8 Å². The minimum absolute atomic E-state index is 0.0593. The Morgan fingerprint density at radius 3 is 2.30 bits per heavy atom. The summed E-state index contributed by atoms with van der Waals surface area (Å²) >= 11 is 16.3. The van der Waals surface area contributed by atoms with E-state index in [0.29, 0.717) is 4.57 Å². The molecule has 0 aliphatic heterocycles. The van der Waals surface area contributed by atoms with Gasteiger partial charge in [0, 0.05) is 14.1 Å². The maximum atomic E-state index is 14.6. The first-order chi connectivity index (χ1) is 14.0. The molecule has 0 unspecified atom stereocenters. The molecule has 1 aromatic carbocycles. The fraction of sp³-hybridized carbons (Fsp3) is 0.353. The molecule has 0 bridgehead atoms. The molecule has 9 nitrogen and oxygen atoms in total. The molecule has 0 amide bonds. The Hall–Kier alpha value is -2.50. The van der Waals surface area contributed by atoms with E-state index in [1.807, 2.05) is 0 Å². The minimum Gasteiger partial charge on any atom is -0.462 e.